The number of carbonyl (C=O) groups is 3. The van der Waals surface area contributed by atoms with Gasteiger partial charge >= 0.3 is 0 Å². The maximum Gasteiger partial charge on any atom is 0.250 e. The third-order valence-electron chi connectivity index (χ3n) is 3.55. The minimum Gasteiger partial charge on any atom is -0.550 e. The molecule has 0 fully saturated rings. The highest BCUT2D eigenvalue weighted by Gasteiger charge is 2.29. The number of hydrogen-bond donors (Lipinski definition) is 2. The highest BCUT2D eigenvalue weighted by molar-refractivity contribution is 5.93. The molecule has 0 radical (unpaired) electrons. The van der Waals surface area contributed by atoms with Gasteiger partial charge in [-0.3, -0.25) is 20.2 Å². The number of fused-ring (bicyclic) bond motifs is 1. The number of carbonyl (C=O) groups excluding carboxylic acids is 3. The fraction of sp³-hybridized carbons (Fsp3) is 0.267. The van der Waals surface area contributed by atoms with Crippen molar-refractivity contribution in [3.63, 3.8) is 0 Å². The lowest BCUT2D eigenvalue weighted by atomic mass is 10.0. The zero-order valence-electron chi connectivity index (χ0n) is 12.6. The number of nitrogens with one attached hydrogen (secondary N) is 2. The minimum atomic E-state index is -1.31. The lowest BCUT2D eigenvalue weighted by molar-refractivity contribution is -0.305. The van der Waals surface area contributed by atoms with E-state index in [1.54, 1.807) is 0 Å². The maximum absolute atomic E-state index is 11.9. The molecule has 2 N–H and O–H groups in total. The van der Waals surface area contributed by atoms with Gasteiger partial charge < -0.3 is 9.90 Å². The van der Waals surface area contributed by atoms with E-state index in [9.17, 15) is 19.5 Å². The Morgan fingerprint density at radius 3 is 2.75 bits per heavy atom. The van der Waals surface area contributed by atoms with E-state index in [0.717, 1.165) is 5.56 Å². The molecule has 1 aromatic heterocycles. The van der Waals surface area contributed by atoms with Gasteiger partial charge in [0.25, 0.3) is 5.95 Å². The molecule has 1 atom stereocenters. The fourth-order valence-corrected chi connectivity index (χ4v) is 2.45. The number of hydrogen-bond acceptors (Lipinski definition) is 6. The number of amides is 2. The average molecular weight is 328 g/mol. The molecular weight excluding hydrogens is 314 g/mol. The van der Waals surface area contributed by atoms with Crippen molar-refractivity contribution in [2.45, 2.75) is 25.3 Å². The number of aromatic nitrogens is 3. The van der Waals surface area contributed by atoms with Gasteiger partial charge in [0.15, 0.2) is 0 Å². The Hall–Kier alpha value is -3.23. The predicted octanol–water partition coefficient (Wildman–Crippen LogP) is -0.322. The molecule has 1 aliphatic rings. The van der Waals surface area contributed by atoms with Crippen molar-refractivity contribution in [3.8, 4) is 0 Å². The summed E-state index contributed by atoms with van der Waals surface area (Å²) in [5.74, 6) is -1.80. The second kappa shape index (κ2) is 6.49. The van der Waals surface area contributed by atoms with Crippen molar-refractivity contribution in [3.05, 3.63) is 35.9 Å². The number of benzene rings is 1. The van der Waals surface area contributed by atoms with Gasteiger partial charge in [-0.1, -0.05) is 30.3 Å². The molecule has 0 saturated heterocycles. The topological polar surface area (TPSA) is 129 Å². The Morgan fingerprint density at radius 2 is 2.04 bits per heavy atom. The first-order chi connectivity index (χ1) is 11.5. The summed E-state index contributed by atoms with van der Waals surface area (Å²) >= 11 is 0. The normalized spacial score (nSPS) is 16.2. The van der Waals surface area contributed by atoms with E-state index in [1.807, 2.05) is 30.3 Å². The molecule has 0 bridgehead atoms. The molecule has 9 nitrogen and oxygen atoms in total. The summed E-state index contributed by atoms with van der Waals surface area (Å²) < 4.78 is 1.53. The van der Waals surface area contributed by atoms with Gasteiger partial charge in [-0.15, -0.1) is 5.10 Å². The van der Waals surface area contributed by atoms with E-state index >= 15 is 0 Å². The summed E-state index contributed by atoms with van der Waals surface area (Å²) in [6, 6.07) is 9.04. The van der Waals surface area contributed by atoms with Gasteiger partial charge in [-0.2, -0.15) is 4.98 Å². The zero-order chi connectivity index (χ0) is 17.1. The van der Waals surface area contributed by atoms with Crippen LogP contribution < -0.4 is 15.7 Å². The number of carboxylic acids is 1. The van der Waals surface area contributed by atoms with Crippen LogP contribution in [0.5, 0.6) is 0 Å². The van der Waals surface area contributed by atoms with Crippen LogP contribution in [0.4, 0.5) is 11.9 Å². The first kappa shape index (κ1) is 15.7. The van der Waals surface area contributed by atoms with E-state index in [0.29, 0.717) is 0 Å². The zero-order valence-corrected chi connectivity index (χ0v) is 12.6. The van der Waals surface area contributed by atoms with E-state index in [-0.39, 0.29) is 43.1 Å². The van der Waals surface area contributed by atoms with Crippen LogP contribution in [0.3, 0.4) is 0 Å². The minimum absolute atomic E-state index is 0.0106. The number of anilines is 2. The van der Waals surface area contributed by atoms with Crippen LogP contribution in [0.15, 0.2) is 30.3 Å². The predicted molar refractivity (Wildman–Crippen MR) is 80.7 cm³/mol. The quantitative estimate of drug-likeness (QED) is 0.774. The van der Waals surface area contributed by atoms with E-state index < -0.39 is 11.9 Å². The molecule has 0 spiro atoms. The molecule has 124 valence electrons. The molecular formula is C15H14N5O4-. The summed E-state index contributed by atoms with van der Waals surface area (Å²) in [6.07, 6.45) is -0.415. The molecule has 3 rings (SSSR count). The van der Waals surface area contributed by atoms with Crippen LogP contribution in [0, 0.1) is 0 Å². The summed E-state index contributed by atoms with van der Waals surface area (Å²) in [5, 5.41) is 19.6. The maximum atomic E-state index is 11.9. The summed E-state index contributed by atoms with van der Waals surface area (Å²) in [5.41, 5.74) is 0.897. The lowest BCUT2D eigenvalue weighted by Gasteiger charge is -2.23. The lowest BCUT2D eigenvalue weighted by Crippen LogP contribution is -2.29. The number of nitrogens with zero attached hydrogens (tertiary/aromatic N) is 3. The van der Waals surface area contributed by atoms with Crippen molar-refractivity contribution >= 4 is 29.7 Å². The van der Waals surface area contributed by atoms with Crippen LogP contribution in [0.1, 0.15) is 30.9 Å². The Bertz CT molecular complexity index is 786. The molecule has 2 amide bonds. The highest BCUT2D eigenvalue weighted by atomic mass is 16.4. The molecule has 9 heteroatoms. The second-order valence-electron chi connectivity index (χ2n) is 5.30. The van der Waals surface area contributed by atoms with Crippen molar-refractivity contribution < 1.29 is 19.5 Å². The van der Waals surface area contributed by atoms with Crippen LogP contribution in [0.2, 0.25) is 0 Å². The highest BCUT2D eigenvalue weighted by Crippen LogP contribution is 2.29. The molecule has 0 saturated carbocycles. The van der Waals surface area contributed by atoms with Crippen LogP contribution in [-0.2, 0) is 14.4 Å². The Morgan fingerprint density at radius 1 is 1.29 bits per heavy atom. The molecule has 1 aliphatic heterocycles. The van der Waals surface area contributed by atoms with Crippen LogP contribution in [0.25, 0.3) is 0 Å². The molecule has 24 heavy (non-hydrogen) atoms. The monoisotopic (exact) mass is 328 g/mol. The van der Waals surface area contributed by atoms with Gasteiger partial charge in [0.05, 0.1) is 12.5 Å². The van der Waals surface area contributed by atoms with Gasteiger partial charge in [-0.05, 0) is 12.0 Å². The van der Waals surface area contributed by atoms with E-state index in [1.165, 1.54) is 4.68 Å². The number of rotatable bonds is 5. The largest absolute Gasteiger partial charge is 0.550 e. The van der Waals surface area contributed by atoms with Crippen molar-refractivity contribution in [2.24, 2.45) is 0 Å². The molecule has 2 aromatic rings. The SMILES string of the molecule is O=C([O-])CCC(=O)Nc1nc2n(n1)[C@@H](c1ccccc1)CC(=O)N2. The van der Waals surface area contributed by atoms with Crippen molar-refractivity contribution in [2.75, 3.05) is 10.6 Å². The Balaban J connectivity index is 1.81. The molecule has 0 aliphatic carbocycles. The smallest absolute Gasteiger partial charge is 0.250 e. The Kier molecular flexibility index (Phi) is 4.23. The van der Waals surface area contributed by atoms with Crippen LogP contribution in [-0.4, -0.2) is 32.5 Å². The van der Waals surface area contributed by atoms with E-state index in [2.05, 4.69) is 20.7 Å². The number of carboxylic acid groups (broad SMARTS) is 1. The molecule has 2 heterocycles. The van der Waals surface area contributed by atoms with Gasteiger partial charge in [-0.25, -0.2) is 4.68 Å². The summed E-state index contributed by atoms with van der Waals surface area (Å²) in [6.45, 7) is 0. The van der Waals surface area contributed by atoms with E-state index in [4.69, 9.17) is 0 Å². The standard InChI is InChI=1S/C15H15N5O4/c21-11(6-7-13(23)24)16-14-18-15-17-12(22)8-10(20(15)19-14)9-4-2-1-3-5-9/h1-5,10H,6-8H2,(H,23,24)(H2,16,17,18,19,21,22)/p-1/t10-/m1/s1. The van der Waals surface area contributed by atoms with Crippen molar-refractivity contribution in [1.82, 2.24) is 14.8 Å². The van der Waals surface area contributed by atoms with Crippen molar-refractivity contribution in [1.29, 1.82) is 0 Å². The second-order valence-corrected chi connectivity index (χ2v) is 5.30. The third kappa shape index (κ3) is 3.40. The fourth-order valence-electron chi connectivity index (χ4n) is 2.45. The van der Waals surface area contributed by atoms with Gasteiger partial charge in [0, 0.05) is 12.4 Å². The average Bonchev–Trinajstić information content (AvgIpc) is 2.95. The first-order valence-electron chi connectivity index (χ1n) is 7.34. The third-order valence-corrected chi connectivity index (χ3v) is 3.55. The number of aliphatic carboxylic acids is 1. The molecule has 0 unspecified atom stereocenters. The Labute approximate surface area is 136 Å². The summed E-state index contributed by atoms with van der Waals surface area (Å²) in [7, 11) is 0. The summed E-state index contributed by atoms with van der Waals surface area (Å²) in [4.78, 5) is 38.0. The molecule has 1 aromatic carbocycles. The first-order valence-corrected chi connectivity index (χ1v) is 7.34. The van der Waals surface area contributed by atoms with Gasteiger partial charge in [0.1, 0.15) is 0 Å². The van der Waals surface area contributed by atoms with Crippen LogP contribution >= 0.6 is 0 Å². The van der Waals surface area contributed by atoms with Gasteiger partial charge in [0.2, 0.25) is 17.8 Å².